The third kappa shape index (κ3) is 2.20. The van der Waals surface area contributed by atoms with Crippen molar-refractivity contribution in [3.63, 3.8) is 0 Å². The van der Waals surface area contributed by atoms with E-state index in [-0.39, 0.29) is 0 Å². The Kier molecular flexibility index (Phi) is 2.65. The average Bonchev–Trinajstić information content (AvgIpc) is 1.96. The molecule has 0 aliphatic heterocycles. The zero-order chi connectivity index (χ0) is 9.14. The molecule has 1 aromatic heterocycles. The maximum atomic E-state index is 10.4. The van der Waals surface area contributed by atoms with Crippen molar-refractivity contribution in [1.82, 2.24) is 4.98 Å². The first-order valence-electron chi connectivity index (χ1n) is 3.37. The molecular weight excluding hydrogens is 176 g/mol. The van der Waals surface area contributed by atoms with Crippen molar-refractivity contribution < 1.29 is 4.79 Å². The lowest BCUT2D eigenvalue weighted by Crippen LogP contribution is -2.12. The fourth-order valence-corrected chi connectivity index (χ4v) is 0.905. The van der Waals surface area contributed by atoms with E-state index in [2.05, 4.69) is 4.98 Å². The van der Waals surface area contributed by atoms with E-state index < -0.39 is 5.91 Å². The first-order valence-corrected chi connectivity index (χ1v) is 3.74. The van der Waals surface area contributed by atoms with Crippen LogP contribution in [0.15, 0.2) is 12.1 Å². The number of hydrogen-bond donors (Lipinski definition) is 1. The van der Waals surface area contributed by atoms with Crippen molar-refractivity contribution in [2.24, 2.45) is 5.73 Å². The maximum absolute atomic E-state index is 10.4. The Morgan fingerprint density at radius 3 is 2.83 bits per heavy atom. The number of pyridine rings is 1. The molecule has 0 bridgehead atoms. The SMILES string of the molecule is Cc1ccc([CH]C(N)=O)nc1Cl. The second kappa shape index (κ2) is 3.54. The van der Waals surface area contributed by atoms with Crippen LogP contribution in [0.4, 0.5) is 0 Å². The molecule has 0 saturated carbocycles. The zero-order valence-electron chi connectivity index (χ0n) is 6.54. The van der Waals surface area contributed by atoms with E-state index >= 15 is 0 Å². The molecule has 1 aromatic rings. The van der Waals surface area contributed by atoms with Crippen molar-refractivity contribution in [2.45, 2.75) is 6.92 Å². The van der Waals surface area contributed by atoms with E-state index in [0.29, 0.717) is 10.8 Å². The van der Waals surface area contributed by atoms with Crippen LogP contribution in [0.3, 0.4) is 0 Å². The smallest absolute Gasteiger partial charge is 0.227 e. The molecule has 0 spiro atoms. The summed E-state index contributed by atoms with van der Waals surface area (Å²) < 4.78 is 0. The van der Waals surface area contributed by atoms with Crippen LogP contribution < -0.4 is 5.73 Å². The third-order valence-electron chi connectivity index (χ3n) is 1.35. The first kappa shape index (κ1) is 9.00. The molecule has 1 heterocycles. The molecular formula is C8H8ClN2O. The van der Waals surface area contributed by atoms with Gasteiger partial charge in [-0.15, -0.1) is 0 Å². The summed E-state index contributed by atoms with van der Waals surface area (Å²) >= 11 is 5.71. The molecule has 63 valence electrons. The molecule has 12 heavy (non-hydrogen) atoms. The van der Waals surface area contributed by atoms with Gasteiger partial charge in [0.05, 0.1) is 12.1 Å². The molecule has 1 amide bonds. The Morgan fingerprint density at radius 1 is 1.67 bits per heavy atom. The molecule has 2 N–H and O–H groups in total. The molecule has 0 aliphatic carbocycles. The van der Waals surface area contributed by atoms with Crippen molar-refractivity contribution in [3.05, 3.63) is 35.0 Å². The molecule has 0 aliphatic rings. The molecule has 0 unspecified atom stereocenters. The summed E-state index contributed by atoms with van der Waals surface area (Å²) in [6.07, 6.45) is 1.23. The Morgan fingerprint density at radius 2 is 2.33 bits per heavy atom. The van der Waals surface area contributed by atoms with Gasteiger partial charge in [-0.3, -0.25) is 4.79 Å². The van der Waals surface area contributed by atoms with Crippen LogP contribution in [0.25, 0.3) is 0 Å². The molecule has 3 nitrogen and oxygen atoms in total. The number of primary amides is 1. The fraction of sp³-hybridized carbons (Fsp3) is 0.125. The topological polar surface area (TPSA) is 56.0 Å². The number of aromatic nitrogens is 1. The lowest BCUT2D eigenvalue weighted by molar-refractivity contribution is -0.114. The van der Waals surface area contributed by atoms with E-state index in [1.54, 1.807) is 12.1 Å². The minimum atomic E-state index is -0.526. The normalized spacial score (nSPS) is 9.83. The molecule has 0 atom stereocenters. The Hall–Kier alpha value is -1.09. The average molecular weight is 184 g/mol. The second-order valence-corrected chi connectivity index (χ2v) is 2.75. The number of nitrogens with zero attached hydrogens (tertiary/aromatic N) is 1. The standard InChI is InChI=1S/C8H8ClN2O/c1-5-2-3-6(4-7(10)12)11-8(5)9/h2-4H,1H3,(H2,10,12). The first-order chi connectivity index (χ1) is 5.59. The van der Waals surface area contributed by atoms with Crippen molar-refractivity contribution in [2.75, 3.05) is 0 Å². The largest absolute Gasteiger partial charge is 0.369 e. The number of nitrogens with two attached hydrogens (primary N) is 1. The van der Waals surface area contributed by atoms with Crippen molar-refractivity contribution in [3.8, 4) is 0 Å². The van der Waals surface area contributed by atoms with E-state index in [1.165, 1.54) is 6.42 Å². The van der Waals surface area contributed by atoms with Crippen LogP contribution in [0.5, 0.6) is 0 Å². The molecule has 1 radical (unpaired) electrons. The van der Waals surface area contributed by atoms with Gasteiger partial charge in [-0.25, -0.2) is 4.98 Å². The number of carbonyl (C=O) groups excluding carboxylic acids is 1. The minimum absolute atomic E-state index is 0.394. The lowest BCUT2D eigenvalue weighted by atomic mass is 10.2. The third-order valence-corrected chi connectivity index (χ3v) is 1.73. The van der Waals surface area contributed by atoms with Crippen LogP contribution >= 0.6 is 11.6 Å². The number of aryl methyl sites for hydroxylation is 1. The summed E-state index contributed by atoms with van der Waals surface area (Å²) in [5, 5.41) is 0.394. The molecule has 4 heteroatoms. The molecule has 0 fully saturated rings. The van der Waals surface area contributed by atoms with E-state index in [0.717, 1.165) is 5.56 Å². The molecule has 0 aromatic carbocycles. The number of rotatable bonds is 2. The van der Waals surface area contributed by atoms with Gasteiger partial charge in [0.2, 0.25) is 5.91 Å². The summed E-state index contributed by atoms with van der Waals surface area (Å²) in [7, 11) is 0. The van der Waals surface area contributed by atoms with Gasteiger partial charge in [0.25, 0.3) is 0 Å². The van der Waals surface area contributed by atoms with Gasteiger partial charge < -0.3 is 5.73 Å². The lowest BCUT2D eigenvalue weighted by Gasteiger charge is -1.99. The van der Waals surface area contributed by atoms with Crippen LogP contribution in [0, 0.1) is 13.3 Å². The highest BCUT2D eigenvalue weighted by molar-refractivity contribution is 6.30. The van der Waals surface area contributed by atoms with E-state index in [9.17, 15) is 4.79 Å². The van der Waals surface area contributed by atoms with Crippen molar-refractivity contribution in [1.29, 1.82) is 0 Å². The second-order valence-electron chi connectivity index (χ2n) is 2.39. The van der Waals surface area contributed by atoms with Crippen LogP contribution in [-0.4, -0.2) is 10.9 Å². The monoisotopic (exact) mass is 183 g/mol. The number of halogens is 1. The number of carbonyl (C=O) groups is 1. The fourth-order valence-electron chi connectivity index (χ4n) is 0.744. The zero-order valence-corrected chi connectivity index (χ0v) is 7.30. The highest BCUT2D eigenvalue weighted by atomic mass is 35.5. The van der Waals surface area contributed by atoms with E-state index in [4.69, 9.17) is 17.3 Å². The number of amides is 1. The quantitative estimate of drug-likeness (QED) is 0.698. The van der Waals surface area contributed by atoms with Crippen molar-refractivity contribution >= 4 is 17.5 Å². The van der Waals surface area contributed by atoms with Gasteiger partial charge in [-0.2, -0.15) is 0 Å². The Balaban J connectivity index is 2.89. The highest BCUT2D eigenvalue weighted by Gasteiger charge is 2.02. The Labute approximate surface area is 75.6 Å². The van der Waals surface area contributed by atoms with Crippen LogP contribution in [0.1, 0.15) is 11.3 Å². The maximum Gasteiger partial charge on any atom is 0.227 e. The predicted molar refractivity (Wildman–Crippen MR) is 46.6 cm³/mol. The molecule has 0 saturated heterocycles. The molecule has 1 rings (SSSR count). The minimum Gasteiger partial charge on any atom is -0.369 e. The Bertz CT molecular complexity index is 312. The predicted octanol–water partition coefficient (Wildman–Crippen LogP) is 1.08. The highest BCUT2D eigenvalue weighted by Crippen LogP contribution is 2.12. The summed E-state index contributed by atoms with van der Waals surface area (Å²) in [5.74, 6) is -0.526. The van der Waals surface area contributed by atoms with Gasteiger partial charge in [0, 0.05) is 0 Å². The van der Waals surface area contributed by atoms with Crippen LogP contribution in [-0.2, 0) is 4.79 Å². The van der Waals surface area contributed by atoms with Gasteiger partial charge >= 0.3 is 0 Å². The van der Waals surface area contributed by atoms with E-state index in [1.807, 2.05) is 6.92 Å². The summed E-state index contributed by atoms with van der Waals surface area (Å²) in [6.45, 7) is 1.84. The van der Waals surface area contributed by atoms with Gasteiger partial charge in [-0.1, -0.05) is 17.7 Å². The van der Waals surface area contributed by atoms with Gasteiger partial charge in [0.1, 0.15) is 5.15 Å². The van der Waals surface area contributed by atoms with Crippen LogP contribution in [0.2, 0.25) is 5.15 Å². The number of hydrogen-bond acceptors (Lipinski definition) is 2. The summed E-state index contributed by atoms with van der Waals surface area (Å²) in [4.78, 5) is 14.4. The van der Waals surface area contributed by atoms with Gasteiger partial charge in [-0.05, 0) is 18.6 Å². The van der Waals surface area contributed by atoms with Gasteiger partial charge in [0.15, 0.2) is 0 Å². The summed E-state index contributed by atoms with van der Waals surface area (Å²) in [6, 6.07) is 3.47. The summed E-state index contributed by atoms with van der Waals surface area (Å²) in [5.41, 5.74) is 6.29.